The van der Waals surface area contributed by atoms with E-state index in [0.717, 1.165) is 82.3 Å². The van der Waals surface area contributed by atoms with Gasteiger partial charge < -0.3 is 19.1 Å². The molecule has 1 aliphatic rings. The number of aryl methyl sites for hydroxylation is 2. The minimum absolute atomic E-state index is 0.158. The lowest BCUT2D eigenvalue weighted by Gasteiger charge is -2.35. The summed E-state index contributed by atoms with van der Waals surface area (Å²) in [4.78, 5) is 14.4. The zero-order valence-electron chi connectivity index (χ0n) is 21.0. The third-order valence-corrected chi connectivity index (χ3v) is 6.56. The van der Waals surface area contributed by atoms with E-state index in [1.165, 1.54) is 11.1 Å². The number of para-hydroxylation sites is 1. The number of likely N-dealkylation sites (tertiary alicyclic amines) is 1. The zero-order chi connectivity index (χ0) is 24.0. The molecule has 1 saturated heterocycles. The third kappa shape index (κ3) is 8.27. The Kier molecular flexibility index (Phi) is 11.1. The van der Waals surface area contributed by atoms with Gasteiger partial charge in [0.1, 0.15) is 11.5 Å². The lowest BCUT2D eigenvalue weighted by Crippen LogP contribution is -2.44. The minimum Gasteiger partial charge on any atom is -0.497 e. The molecule has 1 atom stereocenters. The minimum atomic E-state index is -0.158. The Hall–Kier alpha value is -2.69. The van der Waals surface area contributed by atoms with Crippen LogP contribution in [0.3, 0.4) is 0 Å². The molecule has 1 fully saturated rings. The second-order valence-electron chi connectivity index (χ2n) is 9.11. The Morgan fingerprint density at radius 2 is 1.85 bits per heavy atom. The molecule has 3 rings (SSSR count). The first kappa shape index (κ1) is 25.9. The second kappa shape index (κ2) is 14.5. The normalized spacial score (nSPS) is 15.7. The molecule has 0 N–H and O–H groups in total. The van der Waals surface area contributed by atoms with Gasteiger partial charge in [-0.3, -0.25) is 0 Å². The first-order chi connectivity index (χ1) is 16.7. The van der Waals surface area contributed by atoms with Gasteiger partial charge in [0.2, 0.25) is 0 Å². The quantitative estimate of drug-likeness (QED) is 0.303. The fourth-order valence-corrected chi connectivity index (χ4v) is 4.56. The lowest BCUT2D eigenvalue weighted by molar-refractivity contribution is 0.0660. The highest BCUT2D eigenvalue weighted by atomic mass is 16.6. The number of hydrogen-bond acceptors (Lipinski definition) is 4. The predicted molar refractivity (Wildman–Crippen MR) is 137 cm³/mol. The molecule has 1 heterocycles. The molecule has 0 bridgehead atoms. The number of piperidine rings is 1. The summed E-state index contributed by atoms with van der Waals surface area (Å²) in [5.41, 5.74) is 2.57. The van der Waals surface area contributed by atoms with Crippen molar-refractivity contribution >= 4 is 6.09 Å². The molecule has 5 nitrogen and oxygen atoms in total. The Bertz CT molecular complexity index is 869. The molecule has 2 aromatic rings. The van der Waals surface area contributed by atoms with Crippen molar-refractivity contribution in [3.63, 3.8) is 0 Å². The van der Waals surface area contributed by atoms with E-state index in [9.17, 15) is 4.79 Å². The van der Waals surface area contributed by atoms with Crippen LogP contribution < -0.4 is 9.47 Å². The fourth-order valence-electron chi connectivity index (χ4n) is 4.56. The van der Waals surface area contributed by atoms with Crippen LogP contribution in [-0.2, 0) is 17.6 Å². The molecule has 1 amide bonds. The lowest BCUT2D eigenvalue weighted by atomic mass is 10.00. The molecular formula is C29H41NO4. The smallest absolute Gasteiger partial charge is 0.410 e. The molecule has 1 aliphatic heterocycles. The van der Waals surface area contributed by atoms with Crippen LogP contribution in [0, 0.1) is 0 Å². The van der Waals surface area contributed by atoms with E-state index in [1.54, 1.807) is 7.11 Å². The number of ether oxygens (including phenoxy) is 3. The SMILES string of the molecule is CCCCOC(=O)N1CCCCC1CCOc1ccccc1CCCCc1cccc(OC)c1. The summed E-state index contributed by atoms with van der Waals surface area (Å²) in [6.07, 6.45) is 10.2. The molecule has 0 saturated carbocycles. The van der Waals surface area contributed by atoms with Crippen LogP contribution in [0.5, 0.6) is 11.5 Å². The van der Waals surface area contributed by atoms with Crippen LogP contribution in [0.25, 0.3) is 0 Å². The van der Waals surface area contributed by atoms with E-state index in [2.05, 4.69) is 43.3 Å². The van der Waals surface area contributed by atoms with Crippen LogP contribution in [-0.4, -0.2) is 43.9 Å². The van der Waals surface area contributed by atoms with Crippen LogP contribution >= 0.6 is 0 Å². The number of carbonyl (C=O) groups excluding carboxylic acids is 1. The Labute approximate surface area is 205 Å². The van der Waals surface area contributed by atoms with E-state index in [-0.39, 0.29) is 12.1 Å². The number of benzene rings is 2. The van der Waals surface area contributed by atoms with Crippen LogP contribution in [0.15, 0.2) is 48.5 Å². The number of unbranched alkanes of at least 4 members (excludes halogenated alkanes) is 2. The largest absolute Gasteiger partial charge is 0.497 e. The van der Waals surface area contributed by atoms with Gasteiger partial charge >= 0.3 is 6.09 Å². The van der Waals surface area contributed by atoms with E-state index in [1.807, 2.05) is 17.0 Å². The first-order valence-electron chi connectivity index (χ1n) is 13.0. The summed E-state index contributed by atoms with van der Waals surface area (Å²) in [7, 11) is 1.71. The van der Waals surface area contributed by atoms with Crippen molar-refractivity contribution in [2.24, 2.45) is 0 Å². The molecule has 186 valence electrons. The number of hydrogen-bond donors (Lipinski definition) is 0. The highest BCUT2D eigenvalue weighted by Crippen LogP contribution is 2.24. The average molecular weight is 468 g/mol. The van der Waals surface area contributed by atoms with Crippen LogP contribution in [0.4, 0.5) is 4.79 Å². The van der Waals surface area contributed by atoms with Crippen LogP contribution in [0.2, 0.25) is 0 Å². The van der Waals surface area contributed by atoms with Crippen molar-refractivity contribution in [1.82, 2.24) is 4.90 Å². The molecule has 0 spiro atoms. The van der Waals surface area contributed by atoms with Gasteiger partial charge in [0, 0.05) is 19.0 Å². The Balaban J connectivity index is 1.44. The van der Waals surface area contributed by atoms with Gasteiger partial charge in [-0.2, -0.15) is 0 Å². The maximum atomic E-state index is 12.5. The van der Waals surface area contributed by atoms with Crippen molar-refractivity contribution in [3.8, 4) is 11.5 Å². The summed E-state index contributed by atoms with van der Waals surface area (Å²) >= 11 is 0. The second-order valence-corrected chi connectivity index (χ2v) is 9.11. The van der Waals surface area contributed by atoms with E-state index >= 15 is 0 Å². The third-order valence-electron chi connectivity index (χ3n) is 6.56. The molecule has 0 aromatic heterocycles. The summed E-state index contributed by atoms with van der Waals surface area (Å²) < 4.78 is 17.0. The number of methoxy groups -OCH3 is 1. The van der Waals surface area contributed by atoms with Crippen molar-refractivity contribution in [1.29, 1.82) is 0 Å². The van der Waals surface area contributed by atoms with Gasteiger partial charge in [0.25, 0.3) is 0 Å². The summed E-state index contributed by atoms with van der Waals surface area (Å²) in [6, 6.07) is 16.9. The zero-order valence-corrected chi connectivity index (χ0v) is 21.0. The highest BCUT2D eigenvalue weighted by Gasteiger charge is 2.27. The first-order valence-corrected chi connectivity index (χ1v) is 13.0. The summed E-state index contributed by atoms with van der Waals surface area (Å²) in [5.74, 6) is 1.89. The van der Waals surface area contributed by atoms with Gasteiger partial charge in [0.05, 0.1) is 20.3 Å². The predicted octanol–water partition coefficient (Wildman–Crippen LogP) is 6.82. The molecule has 34 heavy (non-hydrogen) atoms. The number of carbonyl (C=O) groups is 1. The van der Waals surface area contributed by atoms with E-state index in [4.69, 9.17) is 14.2 Å². The summed E-state index contributed by atoms with van der Waals surface area (Å²) in [5, 5.41) is 0. The highest BCUT2D eigenvalue weighted by molar-refractivity contribution is 5.68. The van der Waals surface area contributed by atoms with Gasteiger partial charge in [-0.05, 0) is 80.7 Å². The molecule has 0 aliphatic carbocycles. The number of amides is 1. The molecular weight excluding hydrogens is 426 g/mol. The number of rotatable bonds is 13. The fraction of sp³-hybridized carbons (Fsp3) is 0.552. The van der Waals surface area contributed by atoms with Crippen molar-refractivity contribution < 1.29 is 19.0 Å². The average Bonchev–Trinajstić information content (AvgIpc) is 2.88. The van der Waals surface area contributed by atoms with Crippen molar-refractivity contribution in [2.45, 2.75) is 77.2 Å². The van der Waals surface area contributed by atoms with Crippen molar-refractivity contribution in [3.05, 3.63) is 59.7 Å². The Morgan fingerprint density at radius 3 is 2.71 bits per heavy atom. The molecule has 1 unspecified atom stereocenters. The monoisotopic (exact) mass is 467 g/mol. The van der Waals surface area contributed by atoms with Crippen molar-refractivity contribution in [2.75, 3.05) is 26.9 Å². The maximum Gasteiger partial charge on any atom is 0.410 e. The van der Waals surface area contributed by atoms with E-state index < -0.39 is 0 Å². The topological polar surface area (TPSA) is 48.0 Å². The standard InChI is InChI=1S/C29H41NO4/c1-3-4-21-34-29(31)30-20-10-9-16-26(30)19-22-33-28-18-8-7-15-25(28)14-6-5-12-24-13-11-17-27(23-24)32-2/h7-8,11,13,15,17-18,23,26H,3-6,9-10,12,14,16,19-22H2,1-2H3. The maximum absolute atomic E-state index is 12.5. The van der Waals surface area contributed by atoms with Gasteiger partial charge in [-0.1, -0.05) is 43.7 Å². The van der Waals surface area contributed by atoms with Gasteiger partial charge in [-0.25, -0.2) is 4.79 Å². The summed E-state index contributed by atoms with van der Waals surface area (Å²) in [6.45, 7) is 4.03. The molecule has 5 heteroatoms. The van der Waals surface area contributed by atoms with Crippen LogP contribution in [0.1, 0.15) is 69.4 Å². The Morgan fingerprint density at radius 1 is 1.00 bits per heavy atom. The molecule has 0 radical (unpaired) electrons. The number of nitrogens with zero attached hydrogens (tertiary/aromatic N) is 1. The van der Waals surface area contributed by atoms with E-state index in [0.29, 0.717) is 13.2 Å². The molecule has 2 aromatic carbocycles. The van der Waals surface area contributed by atoms with Gasteiger partial charge in [0.15, 0.2) is 0 Å². The van der Waals surface area contributed by atoms with Gasteiger partial charge in [-0.15, -0.1) is 0 Å².